The Morgan fingerprint density at radius 2 is 1.29 bits per heavy atom. The smallest absolute Gasteiger partial charge is 0.407 e. The van der Waals surface area contributed by atoms with Gasteiger partial charge in [-0.05, 0) is 71.9 Å². The molecule has 13 heteroatoms. The first-order valence-corrected chi connectivity index (χ1v) is 19.7. The molecule has 2 saturated heterocycles. The highest BCUT2D eigenvalue weighted by atomic mass is 16.5. The number of imidazole rings is 1. The van der Waals surface area contributed by atoms with Crippen LogP contribution >= 0.6 is 0 Å². The van der Waals surface area contributed by atoms with E-state index in [1.54, 1.807) is 0 Å². The third-order valence-corrected chi connectivity index (χ3v) is 11.4. The summed E-state index contributed by atoms with van der Waals surface area (Å²) in [5, 5.41) is 5.47. The molecule has 298 valence electrons. The number of benzene rings is 2. The first-order chi connectivity index (χ1) is 27.0. The molecule has 2 aromatic carbocycles. The quantitative estimate of drug-likeness (QED) is 0.113. The predicted octanol–water partition coefficient (Wildman–Crippen LogP) is 7.09. The van der Waals surface area contributed by atoms with Crippen LogP contribution in [0.5, 0.6) is 0 Å². The molecule has 0 bridgehead atoms. The van der Waals surface area contributed by atoms with Gasteiger partial charge in [0.05, 0.1) is 32.2 Å². The van der Waals surface area contributed by atoms with Gasteiger partial charge in [-0.2, -0.15) is 0 Å². The minimum absolute atomic E-state index is 0.0484. The van der Waals surface area contributed by atoms with Gasteiger partial charge in [0.2, 0.25) is 11.8 Å². The van der Waals surface area contributed by atoms with Crippen molar-refractivity contribution in [3.63, 3.8) is 0 Å². The van der Waals surface area contributed by atoms with Crippen LogP contribution < -0.4 is 10.6 Å². The van der Waals surface area contributed by atoms with Crippen molar-refractivity contribution in [1.82, 2.24) is 35.4 Å². The molecule has 2 aliphatic rings. The van der Waals surface area contributed by atoms with Crippen LogP contribution in [0.15, 0.2) is 66.9 Å². The minimum atomic E-state index is -0.668. The number of carbonyl (C=O) groups excluding carboxylic acids is 4. The number of rotatable bonds is 13. The summed E-state index contributed by atoms with van der Waals surface area (Å²) < 4.78 is 9.56. The van der Waals surface area contributed by atoms with Crippen LogP contribution in [-0.4, -0.2) is 94.2 Å². The van der Waals surface area contributed by atoms with Gasteiger partial charge in [0.25, 0.3) is 0 Å². The lowest BCUT2D eigenvalue weighted by atomic mass is 9.97. The summed E-state index contributed by atoms with van der Waals surface area (Å²) in [7, 11) is 2.61. The number of hydrogen-bond acceptors (Lipinski definition) is 7. The van der Waals surface area contributed by atoms with Crippen molar-refractivity contribution in [2.45, 2.75) is 90.4 Å². The average molecular weight is 766 g/mol. The molecule has 5 atom stereocenters. The van der Waals surface area contributed by atoms with Crippen molar-refractivity contribution in [3.05, 3.63) is 78.4 Å². The molecule has 2 aliphatic heterocycles. The molecule has 0 spiro atoms. The van der Waals surface area contributed by atoms with E-state index < -0.39 is 24.3 Å². The molecule has 1 unspecified atom stereocenters. The Labute approximate surface area is 328 Å². The highest BCUT2D eigenvalue weighted by Gasteiger charge is 2.38. The van der Waals surface area contributed by atoms with Gasteiger partial charge in [-0.25, -0.2) is 14.6 Å². The number of nitrogens with zero attached hydrogens (tertiary/aromatic N) is 3. The summed E-state index contributed by atoms with van der Waals surface area (Å²) in [4.78, 5) is 66.6. The highest BCUT2D eigenvalue weighted by Crippen LogP contribution is 2.34. The third kappa shape index (κ3) is 8.93. The summed E-state index contributed by atoms with van der Waals surface area (Å²) in [6, 6.07) is 19.5. The molecule has 2 fully saturated rings. The molecular weight excluding hydrogens is 711 g/mol. The standard InChI is InChI=1S/C43H55N7O6/c1-7-27(4)38(48-43(54)56-6)41(52)50-23-9-11-36(50)39-44-25-35(46-39)31-18-14-29(15-19-31)28-12-16-30(17-13-28)34-21-20-32(45-34)24-33-10-8-22-49(33)40(51)37(26(2)3)47-42(53)55-5/h12-21,25-27,33,36-38,45H,7-11,22-24H2,1-6H3,(H,44,46)(H,47,53)(H,48,54)/t27-,33-,36-,37?,38-/m0/s1. The number of H-pyrrole nitrogens is 2. The van der Waals surface area contributed by atoms with Gasteiger partial charge in [0, 0.05) is 36.9 Å². The SMILES string of the molecule is CC[C@H](C)[C@H](NC(=O)OC)C(=O)N1CCC[C@H]1c1ncc(-c2ccc(-c3ccc(-c4ccc(C[C@@H]5CCCN5C(=O)C(NC(=O)OC)C(C)C)[nH]4)cc3)cc2)[nH]1. The van der Waals surface area contributed by atoms with Crippen LogP contribution in [0.2, 0.25) is 0 Å². The van der Waals surface area contributed by atoms with E-state index >= 15 is 0 Å². The Kier molecular flexibility index (Phi) is 12.8. The molecule has 0 radical (unpaired) electrons. The lowest BCUT2D eigenvalue weighted by Crippen LogP contribution is -2.52. The van der Waals surface area contributed by atoms with Crippen molar-refractivity contribution >= 4 is 24.0 Å². The fourth-order valence-electron chi connectivity index (χ4n) is 7.90. The van der Waals surface area contributed by atoms with Crippen LogP contribution in [0.1, 0.15) is 77.4 Å². The van der Waals surface area contributed by atoms with Crippen molar-refractivity contribution in [2.75, 3.05) is 27.3 Å². The van der Waals surface area contributed by atoms with E-state index in [2.05, 4.69) is 81.3 Å². The van der Waals surface area contributed by atoms with Gasteiger partial charge >= 0.3 is 12.2 Å². The molecule has 0 aliphatic carbocycles. The number of hydrogen-bond donors (Lipinski definition) is 4. The largest absolute Gasteiger partial charge is 0.453 e. The normalized spacial score (nSPS) is 18.4. The fraction of sp³-hybridized carbons (Fsp3) is 0.465. The maximum absolute atomic E-state index is 13.7. The fourth-order valence-corrected chi connectivity index (χ4v) is 7.90. The second-order valence-electron chi connectivity index (χ2n) is 15.3. The zero-order valence-electron chi connectivity index (χ0n) is 33.3. The average Bonchev–Trinajstić information content (AvgIpc) is 4.06. The monoisotopic (exact) mass is 765 g/mol. The van der Waals surface area contributed by atoms with Crippen LogP contribution in [0.4, 0.5) is 9.59 Å². The zero-order chi connectivity index (χ0) is 39.9. The molecule has 56 heavy (non-hydrogen) atoms. The van der Waals surface area contributed by atoms with Gasteiger partial charge < -0.3 is 39.9 Å². The second-order valence-corrected chi connectivity index (χ2v) is 15.3. The number of likely N-dealkylation sites (tertiary alicyclic amines) is 2. The maximum Gasteiger partial charge on any atom is 0.407 e. The molecule has 4 aromatic rings. The van der Waals surface area contributed by atoms with Gasteiger partial charge in [0.1, 0.15) is 17.9 Å². The molecule has 4 N–H and O–H groups in total. The van der Waals surface area contributed by atoms with Gasteiger partial charge in [-0.1, -0.05) is 82.6 Å². The molecule has 0 saturated carbocycles. The number of aromatic nitrogens is 3. The van der Waals surface area contributed by atoms with Crippen molar-refractivity contribution < 1.29 is 28.7 Å². The van der Waals surface area contributed by atoms with Crippen molar-refractivity contribution in [3.8, 4) is 33.6 Å². The summed E-state index contributed by atoms with van der Waals surface area (Å²) in [6.07, 6.45) is 5.55. The molecule has 4 amide bonds. The lowest BCUT2D eigenvalue weighted by molar-refractivity contribution is -0.136. The van der Waals surface area contributed by atoms with Gasteiger partial charge in [-0.15, -0.1) is 0 Å². The van der Waals surface area contributed by atoms with E-state index in [1.807, 2.05) is 43.7 Å². The van der Waals surface area contributed by atoms with E-state index in [0.29, 0.717) is 19.5 Å². The number of carbonyl (C=O) groups is 4. The molecule has 4 heterocycles. The Hall–Kier alpha value is -5.59. The first-order valence-electron chi connectivity index (χ1n) is 19.7. The summed E-state index contributed by atoms with van der Waals surface area (Å²) >= 11 is 0. The summed E-state index contributed by atoms with van der Waals surface area (Å²) in [5.41, 5.74) is 7.18. The Bertz CT molecular complexity index is 1970. The van der Waals surface area contributed by atoms with Gasteiger partial charge in [0.15, 0.2) is 0 Å². The third-order valence-electron chi connectivity index (χ3n) is 11.4. The Morgan fingerprint density at radius 1 is 0.732 bits per heavy atom. The zero-order valence-corrected chi connectivity index (χ0v) is 33.3. The van der Waals surface area contributed by atoms with E-state index in [1.165, 1.54) is 14.2 Å². The number of ether oxygens (including phenoxy) is 2. The van der Waals surface area contributed by atoms with E-state index in [9.17, 15) is 19.2 Å². The lowest BCUT2D eigenvalue weighted by Gasteiger charge is -2.30. The van der Waals surface area contributed by atoms with Crippen LogP contribution in [-0.2, 0) is 25.5 Å². The van der Waals surface area contributed by atoms with Gasteiger partial charge in [-0.3, -0.25) is 9.59 Å². The molecule has 13 nitrogen and oxygen atoms in total. The highest BCUT2D eigenvalue weighted by molar-refractivity contribution is 5.87. The molecule has 2 aromatic heterocycles. The Balaban J connectivity index is 1.08. The number of nitrogens with one attached hydrogen (secondary N) is 4. The summed E-state index contributed by atoms with van der Waals surface area (Å²) in [5.74, 6) is 0.443. The first kappa shape index (κ1) is 40.1. The number of alkyl carbamates (subject to hydrolysis) is 2. The van der Waals surface area contributed by atoms with Crippen LogP contribution in [0.3, 0.4) is 0 Å². The van der Waals surface area contributed by atoms with Crippen molar-refractivity contribution in [2.24, 2.45) is 11.8 Å². The Morgan fingerprint density at radius 3 is 1.89 bits per heavy atom. The van der Waals surface area contributed by atoms with Crippen molar-refractivity contribution in [1.29, 1.82) is 0 Å². The predicted molar refractivity (Wildman–Crippen MR) is 214 cm³/mol. The second kappa shape index (κ2) is 17.9. The topological polar surface area (TPSA) is 162 Å². The summed E-state index contributed by atoms with van der Waals surface area (Å²) in [6.45, 7) is 9.09. The minimum Gasteiger partial charge on any atom is -0.453 e. The number of amides is 4. The van der Waals surface area contributed by atoms with E-state index in [0.717, 1.165) is 77.3 Å². The maximum atomic E-state index is 13.7. The van der Waals surface area contributed by atoms with Crippen LogP contribution in [0.25, 0.3) is 33.6 Å². The molecule has 6 rings (SSSR count). The number of methoxy groups -OCH3 is 2. The number of aromatic amines is 2. The molecular formula is C43H55N7O6. The van der Waals surface area contributed by atoms with E-state index in [-0.39, 0.29) is 35.7 Å². The van der Waals surface area contributed by atoms with Crippen LogP contribution in [0, 0.1) is 11.8 Å². The van der Waals surface area contributed by atoms with E-state index in [4.69, 9.17) is 14.5 Å².